The van der Waals surface area contributed by atoms with Gasteiger partial charge in [0.2, 0.25) is 0 Å². The van der Waals surface area contributed by atoms with Gasteiger partial charge >= 0.3 is 0 Å². The summed E-state index contributed by atoms with van der Waals surface area (Å²) >= 11 is 1.88. The van der Waals surface area contributed by atoms with Crippen LogP contribution in [0.3, 0.4) is 0 Å². The Labute approximate surface area is 103 Å². The molecule has 0 fully saturated rings. The maximum Gasteiger partial charge on any atom is 0.159 e. The lowest BCUT2D eigenvalue weighted by Crippen LogP contribution is -1.97. The normalized spacial score (nSPS) is 12.4. The minimum absolute atomic E-state index is 0.135. The number of rotatable bonds is 6. The second kappa shape index (κ2) is 6.74. The van der Waals surface area contributed by atoms with Crippen molar-refractivity contribution in [3.05, 3.63) is 29.8 Å². The van der Waals surface area contributed by atoms with Crippen LogP contribution in [0, 0.1) is 5.92 Å². The van der Waals surface area contributed by atoms with E-state index in [2.05, 4.69) is 13.8 Å². The van der Waals surface area contributed by atoms with Crippen LogP contribution in [0.15, 0.2) is 29.2 Å². The van der Waals surface area contributed by atoms with E-state index >= 15 is 0 Å². The molecule has 0 saturated heterocycles. The molecule has 16 heavy (non-hydrogen) atoms. The Balaban J connectivity index is 2.46. The van der Waals surface area contributed by atoms with Gasteiger partial charge in [0.1, 0.15) is 0 Å². The first-order chi connectivity index (χ1) is 7.63. The molecule has 1 rings (SSSR count). The van der Waals surface area contributed by atoms with Gasteiger partial charge in [0.05, 0.1) is 0 Å². The molecule has 1 unspecified atom stereocenters. The highest BCUT2D eigenvalue weighted by Crippen LogP contribution is 2.22. The van der Waals surface area contributed by atoms with Crippen molar-refractivity contribution in [3.8, 4) is 0 Å². The van der Waals surface area contributed by atoms with Gasteiger partial charge in [-0.25, -0.2) is 0 Å². The van der Waals surface area contributed by atoms with Crippen molar-refractivity contribution in [2.24, 2.45) is 5.92 Å². The molecule has 0 radical (unpaired) electrons. The van der Waals surface area contributed by atoms with E-state index in [1.807, 2.05) is 36.0 Å². The first kappa shape index (κ1) is 13.3. The molecule has 1 nitrogen and oxygen atoms in total. The van der Waals surface area contributed by atoms with E-state index in [0.717, 1.165) is 17.2 Å². The Kier molecular flexibility index (Phi) is 5.61. The second-order valence-corrected chi connectivity index (χ2v) is 5.38. The van der Waals surface area contributed by atoms with E-state index in [0.29, 0.717) is 0 Å². The number of Topliss-reactive ketones (excluding diaryl/α,β-unsaturated/α-hetero) is 1. The monoisotopic (exact) mass is 236 g/mol. The Morgan fingerprint density at radius 3 is 2.44 bits per heavy atom. The fourth-order valence-corrected chi connectivity index (χ4v) is 2.57. The molecule has 0 amide bonds. The summed E-state index contributed by atoms with van der Waals surface area (Å²) in [6.07, 6.45) is 2.55. The minimum atomic E-state index is 0.135. The van der Waals surface area contributed by atoms with Crippen molar-refractivity contribution in [1.82, 2.24) is 0 Å². The lowest BCUT2D eigenvalue weighted by Gasteiger charge is -2.09. The van der Waals surface area contributed by atoms with Gasteiger partial charge in [0.25, 0.3) is 0 Å². The summed E-state index contributed by atoms with van der Waals surface area (Å²) in [5, 5.41) is 0. The number of hydrogen-bond acceptors (Lipinski definition) is 2. The number of carbonyl (C=O) groups is 1. The van der Waals surface area contributed by atoms with Crippen molar-refractivity contribution < 1.29 is 4.79 Å². The lowest BCUT2D eigenvalue weighted by molar-refractivity contribution is 0.101. The summed E-state index contributed by atoms with van der Waals surface area (Å²) < 4.78 is 0. The van der Waals surface area contributed by atoms with Crippen LogP contribution in [0.5, 0.6) is 0 Å². The number of carbonyl (C=O) groups excluding carboxylic acids is 1. The van der Waals surface area contributed by atoms with Crippen LogP contribution >= 0.6 is 11.8 Å². The average molecular weight is 236 g/mol. The first-order valence-corrected chi connectivity index (χ1v) is 6.85. The second-order valence-electron chi connectivity index (χ2n) is 4.29. The smallest absolute Gasteiger partial charge is 0.159 e. The predicted octanol–water partition coefficient (Wildman–Crippen LogP) is 4.42. The maximum atomic E-state index is 11.1. The van der Waals surface area contributed by atoms with E-state index < -0.39 is 0 Å². The Morgan fingerprint density at radius 2 is 1.94 bits per heavy atom. The zero-order valence-electron chi connectivity index (χ0n) is 10.3. The van der Waals surface area contributed by atoms with E-state index in [1.54, 1.807) is 6.92 Å². The Morgan fingerprint density at radius 1 is 1.31 bits per heavy atom. The number of thioether (sulfide) groups is 1. The Bertz CT molecular complexity index is 329. The molecular weight excluding hydrogens is 216 g/mol. The molecule has 0 spiro atoms. The number of hydrogen-bond donors (Lipinski definition) is 0. The lowest BCUT2D eigenvalue weighted by atomic mass is 10.1. The van der Waals surface area contributed by atoms with Crippen LogP contribution in [-0.2, 0) is 0 Å². The summed E-state index contributed by atoms with van der Waals surface area (Å²) in [5.74, 6) is 2.06. The molecule has 0 N–H and O–H groups in total. The van der Waals surface area contributed by atoms with Gasteiger partial charge in [0, 0.05) is 16.2 Å². The molecule has 0 aliphatic rings. The van der Waals surface area contributed by atoms with Crippen molar-refractivity contribution in [3.63, 3.8) is 0 Å². The molecule has 2 heteroatoms. The quantitative estimate of drug-likeness (QED) is 0.537. The van der Waals surface area contributed by atoms with E-state index in [-0.39, 0.29) is 5.78 Å². The van der Waals surface area contributed by atoms with Gasteiger partial charge in [-0.1, -0.05) is 38.8 Å². The summed E-state index contributed by atoms with van der Waals surface area (Å²) in [5.41, 5.74) is 0.797. The summed E-state index contributed by atoms with van der Waals surface area (Å²) in [6, 6.07) is 7.91. The van der Waals surface area contributed by atoms with Gasteiger partial charge in [-0.3, -0.25) is 4.79 Å². The summed E-state index contributed by atoms with van der Waals surface area (Å²) in [4.78, 5) is 12.4. The Hall–Kier alpha value is -0.760. The SMILES string of the molecule is CCCC(C)CSc1ccc(C(C)=O)cc1. The zero-order chi connectivity index (χ0) is 12.0. The van der Waals surface area contributed by atoms with Crippen molar-refractivity contribution in [2.45, 2.75) is 38.5 Å². The first-order valence-electron chi connectivity index (χ1n) is 5.87. The van der Waals surface area contributed by atoms with Crippen LogP contribution in [-0.4, -0.2) is 11.5 Å². The van der Waals surface area contributed by atoms with Crippen molar-refractivity contribution in [2.75, 3.05) is 5.75 Å². The highest BCUT2D eigenvalue weighted by molar-refractivity contribution is 7.99. The molecule has 0 saturated carbocycles. The largest absolute Gasteiger partial charge is 0.295 e. The molecule has 0 aromatic heterocycles. The average Bonchev–Trinajstić information content (AvgIpc) is 2.27. The van der Waals surface area contributed by atoms with Crippen LogP contribution < -0.4 is 0 Å². The zero-order valence-corrected chi connectivity index (χ0v) is 11.1. The number of ketones is 1. The molecule has 88 valence electrons. The van der Waals surface area contributed by atoms with Crippen LogP contribution in [0.2, 0.25) is 0 Å². The fraction of sp³-hybridized carbons (Fsp3) is 0.500. The van der Waals surface area contributed by atoms with Crippen LogP contribution in [0.1, 0.15) is 44.0 Å². The fourth-order valence-electron chi connectivity index (χ4n) is 1.60. The third-order valence-electron chi connectivity index (χ3n) is 2.58. The standard InChI is InChI=1S/C14H20OS/c1-4-5-11(2)10-16-14-8-6-13(7-9-14)12(3)15/h6-9,11H,4-5,10H2,1-3H3. The maximum absolute atomic E-state index is 11.1. The molecule has 0 aliphatic heterocycles. The van der Waals surface area contributed by atoms with Crippen molar-refractivity contribution >= 4 is 17.5 Å². The van der Waals surface area contributed by atoms with E-state index in [4.69, 9.17) is 0 Å². The predicted molar refractivity (Wildman–Crippen MR) is 71.2 cm³/mol. The third-order valence-corrected chi connectivity index (χ3v) is 3.92. The van der Waals surface area contributed by atoms with Gasteiger partial charge in [-0.15, -0.1) is 11.8 Å². The topological polar surface area (TPSA) is 17.1 Å². The molecule has 0 bridgehead atoms. The van der Waals surface area contributed by atoms with Gasteiger partial charge in [-0.2, -0.15) is 0 Å². The van der Waals surface area contributed by atoms with Crippen molar-refractivity contribution in [1.29, 1.82) is 0 Å². The highest BCUT2D eigenvalue weighted by atomic mass is 32.2. The van der Waals surface area contributed by atoms with E-state index in [9.17, 15) is 4.79 Å². The van der Waals surface area contributed by atoms with E-state index in [1.165, 1.54) is 17.7 Å². The minimum Gasteiger partial charge on any atom is -0.295 e. The highest BCUT2D eigenvalue weighted by Gasteiger charge is 2.03. The summed E-state index contributed by atoms with van der Waals surface area (Å²) in [6.45, 7) is 6.12. The van der Waals surface area contributed by atoms with Gasteiger partial charge in [0.15, 0.2) is 5.78 Å². The van der Waals surface area contributed by atoms with Crippen LogP contribution in [0.4, 0.5) is 0 Å². The third kappa shape index (κ3) is 4.40. The molecule has 1 atom stereocenters. The van der Waals surface area contributed by atoms with Gasteiger partial charge < -0.3 is 0 Å². The molecule has 1 aromatic carbocycles. The molecule has 1 aromatic rings. The molecule has 0 aliphatic carbocycles. The van der Waals surface area contributed by atoms with Gasteiger partial charge in [-0.05, 0) is 25.0 Å². The molecular formula is C14H20OS. The molecule has 0 heterocycles. The summed E-state index contributed by atoms with van der Waals surface area (Å²) in [7, 11) is 0. The number of benzene rings is 1. The van der Waals surface area contributed by atoms with Crippen LogP contribution in [0.25, 0.3) is 0 Å².